The normalized spacial score (nSPS) is 33.4. The second kappa shape index (κ2) is 5.07. The van der Waals surface area contributed by atoms with Crippen molar-refractivity contribution in [2.45, 2.75) is 57.4 Å². The van der Waals surface area contributed by atoms with Crippen LogP contribution in [0.5, 0.6) is 0 Å². The molecule has 0 bridgehead atoms. The smallest absolute Gasteiger partial charge is 0.0960 e. The van der Waals surface area contributed by atoms with Gasteiger partial charge in [-0.05, 0) is 44.6 Å². The van der Waals surface area contributed by atoms with Crippen molar-refractivity contribution in [3.63, 3.8) is 0 Å². The summed E-state index contributed by atoms with van der Waals surface area (Å²) in [4.78, 5) is 4.90. The number of hydrogen-bond acceptors (Lipinski definition) is 3. The van der Waals surface area contributed by atoms with Gasteiger partial charge in [0.05, 0.1) is 16.7 Å². The molecule has 1 saturated carbocycles. The van der Waals surface area contributed by atoms with Crippen molar-refractivity contribution in [2.75, 3.05) is 6.54 Å². The molecule has 3 rings (SSSR count). The van der Waals surface area contributed by atoms with E-state index in [1.165, 1.54) is 55.8 Å². The summed E-state index contributed by atoms with van der Waals surface area (Å²) in [7, 11) is 0. The highest BCUT2D eigenvalue weighted by Crippen LogP contribution is 2.41. The topological polar surface area (TPSA) is 24.9 Å². The number of aromatic nitrogens is 1. The summed E-state index contributed by atoms with van der Waals surface area (Å²) in [5.74, 6) is 1.72. The van der Waals surface area contributed by atoms with E-state index in [9.17, 15) is 0 Å². The maximum Gasteiger partial charge on any atom is 0.0960 e. The summed E-state index contributed by atoms with van der Waals surface area (Å²) in [5, 5.41) is 7.24. The van der Waals surface area contributed by atoms with Gasteiger partial charge < -0.3 is 5.32 Å². The first-order valence-corrected chi connectivity index (χ1v) is 7.93. The molecule has 1 aliphatic heterocycles. The Morgan fingerprint density at radius 3 is 3.06 bits per heavy atom. The Bertz CT molecular complexity index is 368. The zero-order chi connectivity index (χ0) is 11.7. The van der Waals surface area contributed by atoms with Crippen molar-refractivity contribution in [3.8, 4) is 0 Å². The van der Waals surface area contributed by atoms with Crippen LogP contribution in [0.4, 0.5) is 0 Å². The van der Waals surface area contributed by atoms with Gasteiger partial charge in [-0.25, -0.2) is 4.98 Å². The molecular formula is C14H22N2S. The summed E-state index contributed by atoms with van der Waals surface area (Å²) in [5.41, 5.74) is 1.31. The summed E-state index contributed by atoms with van der Waals surface area (Å²) in [6, 6.07) is 0.545. The van der Waals surface area contributed by atoms with Crippen LogP contribution in [-0.4, -0.2) is 11.5 Å². The predicted octanol–water partition coefficient (Wildman–Crippen LogP) is 3.86. The summed E-state index contributed by atoms with van der Waals surface area (Å²) < 4.78 is 0. The van der Waals surface area contributed by atoms with Gasteiger partial charge in [0.25, 0.3) is 0 Å². The van der Waals surface area contributed by atoms with Gasteiger partial charge >= 0.3 is 0 Å². The molecule has 1 aromatic heterocycles. The molecule has 1 saturated heterocycles. The molecule has 2 unspecified atom stereocenters. The van der Waals surface area contributed by atoms with Crippen molar-refractivity contribution in [3.05, 3.63) is 16.1 Å². The van der Waals surface area contributed by atoms with Crippen LogP contribution in [0.1, 0.15) is 68.1 Å². The first-order valence-electron chi connectivity index (χ1n) is 7.05. The first-order chi connectivity index (χ1) is 8.36. The lowest BCUT2D eigenvalue weighted by molar-refractivity contribution is 0.520. The quantitative estimate of drug-likeness (QED) is 0.881. The second-order valence-corrected chi connectivity index (χ2v) is 6.43. The average Bonchev–Trinajstić information content (AvgIpc) is 3.09. The molecule has 1 aromatic rings. The van der Waals surface area contributed by atoms with E-state index < -0.39 is 0 Å². The number of nitrogens with one attached hydrogen (secondary N) is 1. The maximum absolute atomic E-state index is 4.90. The monoisotopic (exact) mass is 250 g/mol. The van der Waals surface area contributed by atoms with Crippen LogP contribution in [0.15, 0.2) is 5.38 Å². The van der Waals surface area contributed by atoms with E-state index in [0.29, 0.717) is 6.04 Å². The minimum atomic E-state index is 0.545. The fourth-order valence-electron chi connectivity index (χ4n) is 3.26. The van der Waals surface area contributed by atoms with Crippen LogP contribution >= 0.6 is 11.3 Å². The predicted molar refractivity (Wildman–Crippen MR) is 72.5 cm³/mol. The molecule has 0 amide bonds. The van der Waals surface area contributed by atoms with Crippen molar-refractivity contribution in [2.24, 2.45) is 5.92 Å². The van der Waals surface area contributed by atoms with Crippen molar-refractivity contribution in [1.82, 2.24) is 10.3 Å². The molecule has 17 heavy (non-hydrogen) atoms. The molecule has 3 atom stereocenters. The fraction of sp³-hybridized carbons (Fsp3) is 0.786. The molecule has 2 fully saturated rings. The Balaban J connectivity index is 1.68. The van der Waals surface area contributed by atoms with Crippen LogP contribution in [0, 0.1) is 5.92 Å². The molecule has 94 valence electrons. The van der Waals surface area contributed by atoms with Crippen molar-refractivity contribution < 1.29 is 0 Å². The molecule has 1 aliphatic carbocycles. The largest absolute Gasteiger partial charge is 0.309 e. The molecular weight excluding hydrogens is 228 g/mol. The highest BCUT2D eigenvalue weighted by Gasteiger charge is 2.28. The van der Waals surface area contributed by atoms with Crippen LogP contribution < -0.4 is 5.32 Å². The highest BCUT2D eigenvalue weighted by atomic mass is 32.1. The summed E-state index contributed by atoms with van der Waals surface area (Å²) in [6.07, 6.45) is 8.08. The zero-order valence-electron chi connectivity index (χ0n) is 10.6. The Hall–Kier alpha value is -0.410. The summed E-state index contributed by atoms with van der Waals surface area (Å²) in [6.45, 7) is 3.49. The third kappa shape index (κ3) is 2.41. The summed E-state index contributed by atoms with van der Waals surface area (Å²) >= 11 is 1.90. The van der Waals surface area contributed by atoms with Gasteiger partial charge in [-0.1, -0.05) is 13.3 Å². The number of thiazole rings is 1. The third-order valence-electron chi connectivity index (χ3n) is 4.42. The Labute approximate surface area is 108 Å². The first kappa shape index (κ1) is 11.7. The number of nitrogens with zero attached hydrogens (tertiary/aromatic N) is 1. The fourth-order valence-corrected chi connectivity index (χ4v) is 4.28. The lowest BCUT2D eigenvalue weighted by Gasteiger charge is -2.08. The van der Waals surface area contributed by atoms with Gasteiger partial charge in [0.15, 0.2) is 0 Å². The van der Waals surface area contributed by atoms with Crippen LogP contribution in [0.2, 0.25) is 0 Å². The van der Waals surface area contributed by atoms with E-state index >= 15 is 0 Å². The van der Waals surface area contributed by atoms with Crippen LogP contribution in [0.3, 0.4) is 0 Å². The standard InChI is InChI=1S/C14H22N2S/c1-2-10-5-6-11(8-10)14-16-13(9-17-14)12-4-3-7-15-12/h9-12,15H,2-8H2,1H3/t10?,11?,12-/m0/s1. The second-order valence-electron chi connectivity index (χ2n) is 5.54. The molecule has 2 aliphatic rings. The van der Waals surface area contributed by atoms with Crippen molar-refractivity contribution in [1.29, 1.82) is 0 Å². The van der Waals surface area contributed by atoms with Gasteiger partial charge in [-0.3, -0.25) is 0 Å². The van der Waals surface area contributed by atoms with Crippen molar-refractivity contribution >= 4 is 11.3 Å². The Kier molecular flexibility index (Phi) is 3.48. The van der Waals surface area contributed by atoms with E-state index in [1.54, 1.807) is 0 Å². The van der Waals surface area contributed by atoms with E-state index in [1.807, 2.05) is 11.3 Å². The SMILES string of the molecule is CCC1CCC(c2nc([C@@H]3CCCN3)cs2)C1. The van der Waals surface area contributed by atoms with E-state index in [0.717, 1.165) is 11.8 Å². The van der Waals surface area contributed by atoms with Crippen LogP contribution in [-0.2, 0) is 0 Å². The van der Waals surface area contributed by atoms with Gasteiger partial charge in [0.1, 0.15) is 0 Å². The van der Waals surface area contributed by atoms with Gasteiger partial charge in [-0.15, -0.1) is 11.3 Å². The molecule has 0 spiro atoms. The third-order valence-corrected chi connectivity index (χ3v) is 5.45. The van der Waals surface area contributed by atoms with Gasteiger partial charge in [-0.2, -0.15) is 0 Å². The minimum absolute atomic E-state index is 0.545. The number of hydrogen-bond donors (Lipinski definition) is 1. The average molecular weight is 250 g/mol. The highest BCUT2D eigenvalue weighted by molar-refractivity contribution is 7.09. The molecule has 0 aromatic carbocycles. The van der Waals surface area contributed by atoms with Gasteiger partial charge in [0.2, 0.25) is 0 Å². The maximum atomic E-state index is 4.90. The minimum Gasteiger partial charge on any atom is -0.309 e. The van der Waals surface area contributed by atoms with E-state index in [-0.39, 0.29) is 0 Å². The van der Waals surface area contributed by atoms with Crippen LogP contribution in [0.25, 0.3) is 0 Å². The number of rotatable bonds is 3. The zero-order valence-corrected chi connectivity index (χ0v) is 11.4. The molecule has 1 N–H and O–H groups in total. The lowest BCUT2D eigenvalue weighted by Crippen LogP contribution is -2.13. The van der Waals surface area contributed by atoms with E-state index in [2.05, 4.69) is 17.6 Å². The Morgan fingerprint density at radius 2 is 2.35 bits per heavy atom. The molecule has 2 nitrogen and oxygen atoms in total. The lowest BCUT2D eigenvalue weighted by atomic mass is 10.0. The Morgan fingerprint density at radius 1 is 1.41 bits per heavy atom. The van der Waals surface area contributed by atoms with E-state index in [4.69, 9.17) is 4.98 Å². The van der Waals surface area contributed by atoms with Gasteiger partial charge in [0, 0.05) is 11.3 Å². The molecule has 0 radical (unpaired) electrons. The molecule has 2 heterocycles. The molecule has 3 heteroatoms.